The minimum Gasteiger partial charge on any atom is -0.372 e. The van der Waals surface area contributed by atoms with Crippen LogP contribution >= 0.6 is 0 Å². The Morgan fingerprint density at radius 1 is 1.41 bits per heavy atom. The molecule has 0 spiro atoms. The van der Waals surface area contributed by atoms with Crippen molar-refractivity contribution in [2.24, 2.45) is 0 Å². The van der Waals surface area contributed by atoms with Crippen molar-refractivity contribution >= 4 is 5.91 Å². The summed E-state index contributed by atoms with van der Waals surface area (Å²) in [6.45, 7) is 6.64. The second-order valence-electron chi connectivity index (χ2n) is 5.79. The minimum absolute atomic E-state index is 0.106. The molecule has 0 bridgehead atoms. The molecule has 1 aromatic rings. The van der Waals surface area contributed by atoms with Crippen LogP contribution in [-0.4, -0.2) is 42.6 Å². The van der Waals surface area contributed by atoms with Crippen molar-refractivity contribution in [2.75, 3.05) is 19.6 Å². The molecule has 1 aliphatic heterocycles. The van der Waals surface area contributed by atoms with E-state index in [0.29, 0.717) is 38.2 Å². The molecule has 22 heavy (non-hydrogen) atoms. The van der Waals surface area contributed by atoms with Crippen molar-refractivity contribution in [3.8, 4) is 6.07 Å². The van der Waals surface area contributed by atoms with Gasteiger partial charge in [-0.25, -0.2) is 0 Å². The number of rotatable bonds is 5. The van der Waals surface area contributed by atoms with Gasteiger partial charge in [-0.1, -0.05) is 12.1 Å². The molecule has 1 aliphatic rings. The van der Waals surface area contributed by atoms with Crippen LogP contribution in [0.4, 0.5) is 0 Å². The summed E-state index contributed by atoms with van der Waals surface area (Å²) in [5.41, 5.74) is 1.71. The largest absolute Gasteiger partial charge is 0.372 e. The monoisotopic (exact) mass is 301 g/mol. The lowest BCUT2D eigenvalue weighted by atomic mass is 10.1. The fraction of sp³-hybridized carbons (Fsp3) is 0.529. The Hall–Kier alpha value is -1.90. The molecule has 0 unspecified atom stereocenters. The van der Waals surface area contributed by atoms with E-state index < -0.39 is 0 Å². The standard InChI is InChI=1S/C17H23N3O2/c1-13-11-20(12-14(2)22-13)17(21)6-7-19-10-16-5-3-4-15(8-16)9-18/h3-5,8,13-14,19H,6-7,10-12H2,1-2H3/t13-,14-/m1/s1. The summed E-state index contributed by atoms with van der Waals surface area (Å²) >= 11 is 0. The molecule has 1 N–H and O–H groups in total. The lowest BCUT2D eigenvalue weighted by molar-refractivity contribution is -0.143. The minimum atomic E-state index is 0.106. The third kappa shape index (κ3) is 4.83. The van der Waals surface area contributed by atoms with Crippen molar-refractivity contribution < 1.29 is 9.53 Å². The molecule has 0 aromatic heterocycles. The van der Waals surface area contributed by atoms with E-state index in [1.165, 1.54) is 0 Å². The van der Waals surface area contributed by atoms with Gasteiger partial charge in [0.25, 0.3) is 0 Å². The first-order valence-corrected chi connectivity index (χ1v) is 7.71. The van der Waals surface area contributed by atoms with Crippen LogP contribution < -0.4 is 5.32 Å². The van der Waals surface area contributed by atoms with E-state index >= 15 is 0 Å². The van der Waals surface area contributed by atoms with Crippen molar-refractivity contribution in [1.82, 2.24) is 10.2 Å². The summed E-state index contributed by atoms with van der Waals surface area (Å²) in [6, 6.07) is 9.62. The number of hydrogen-bond donors (Lipinski definition) is 1. The number of nitrogens with one attached hydrogen (secondary N) is 1. The Morgan fingerprint density at radius 3 is 2.82 bits per heavy atom. The second-order valence-corrected chi connectivity index (χ2v) is 5.79. The van der Waals surface area contributed by atoms with E-state index in [2.05, 4.69) is 11.4 Å². The van der Waals surface area contributed by atoms with Crippen LogP contribution in [0.15, 0.2) is 24.3 Å². The summed E-state index contributed by atoms with van der Waals surface area (Å²) in [5.74, 6) is 0.167. The number of amides is 1. The molecule has 5 heteroatoms. The topological polar surface area (TPSA) is 65.4 Å². The second kappa shape index (κ2) is 7.92. The first-order chi connectivity index (χ1) is 10.6. The maximum Gasteiger partial charge on any atom is 0.224 e. The third-order valence-corrected chi connectivity index (χ3v) is 3.67. The van der Waals surface area contributed by atoms with Gasteiger partial charge in [0.2, 0.25) is 5.91 Å². The fourth-order valence-electron chi connectivity index (χ4n) is 2.72. The predicted octanol–water partition coefficient (Wildman–Crippen LogP) is 1.67. The van der Waals surface area contributed by atoms with Gasteiger partial charge in [-0.15, -0.1) is 0 Å². The maximum atomic E-state index is 12.2. The first-order valence-electron chi connectivity index (χ1n) is 7.71. The van der Waals surface area contributed by atoms with Crippen LogP contribution in [0.1, 0.15) is 31.4 Å². The smallest absolute Gasteiger partial charge is 0.224 e. The number of carbonyl (C=O) groups excluding carboxylic acids is 1. The summed E-state index contributed by atoms with van der Waals surface area (Å²) in [5, 5.41) is 12.1. The maximum absolute atomic E-state index is 12.2. The van der Waals surface area contributed by atoms with Gasteiger partial charge in [-0.3, -0.25) is 4.79 Å². The van der Waals surface area contributed by atoms with Crippen LogP contribution in [0.2, 0.25) is 0 Å². The van der Waals surface area contributed by atoms with Crippen molar-refractivity contribution in [3.05, 3.63) is 35.4 Å². The number of morpholine rings is 1. The molecule has 118 valence electrons. The summed E-state index contributed by atoms with van der Waals surface area (Å²) in [4.78, 5) is 14.1. The van der Waals surface area contributed by atoms with Crippen molar-refractivity contribution in [1.29, 1.82) is 5.26 Å². The number of carbonyl (C=O) groups is 1. The summed E-state index contributed by atoms with van der Waals surface area (Å²) in [7, 11) is 0. The van der Waals surface area contributed by atoms with Crippen LogP contribution in [0.5, 0.6) is 0 Å². The Balaban J connectivity index is 1.72. The van der Waals surface area contributed by atoms with E-state index in [4.69, 9.17) is 10.00 Å². The molecule has 2 rings (SSSR count). The van der Waals surface area contributed by atoms with Crippen LogP contribution in [0.3, 0.4) is 0 Å². The van der Waals surface area contributed by atoms with Gasteiger partial charge in [0, 0.05) is 32.6 Å². The van der Waals surface area contributed by atoms with Gasteiger partial charge >= 0.3 is 0 Å². The highest BCUT2D eigenvalue weighted by Gasteiger charge is 2.25. The lowest BCUT2D eigenvalue weighted by Crippen LogP contribution is -2.48. The summed E-state index contributed by atoms with van der Waals surface area (Å²) < 4.78 is 5.64. The molecule has 1 fully saturated rings. The van der Waals surface area contributed by atoms with E-state index in [9.17, 15) is 4.79 Å². The number of ether oxygens (including phenoxy) is 1. The summed E-state index contributed by atoms with van der Waals surface area (Å²) in [6.07, 6.45) is 0.695. The molecule has 0 aliphatic carbocycles. The lowest BCUT2D eigenvalue weighted by Gasteiger charge is -2.35. The molecule has 5 nitrogen and oxygen atoms in total. The van der Waals surface area contributed by atoms with Crippen molar-refractivity contribution in [2.45, 2.75) is 39.0 Å². The van der Waals surface area contributed by atoms with Crippen molar-refractivity contribution in [3.63, 3.8) is 0 Å². The number of benzene rings is 1. The Bertz CT molecular complexity index is 543. The Morgan fingerprint density at radius 2 is 2.14 bits per heavy atom. The highest BCUT2D eigenvalue weighted by molar-refractivity contribution is 5.76. The van der Waals surface area contributed by atoms with E-state index in [1.54, 1.807) is 6.07 Å². The van der Waals surface area contributed by atoms with Gasteiger partial charge in [0.05, 0.1) is 23.8 Å². The van der Waals surface area contributed by atoms with Gasteiger partial charge < -0.3 is 15.0 Å². The normalized spacial score (nSPS) is 21.4. The predicted molar refractivity (Wildman–Crippen MR) is 84.1 cm³/mol. The van der Waals surface area contributed by atoms with Crippen LogP contribution in [-0.2, 0) is 16.1 Å². The Labute approximate surface area is 131 Å². The van der Waals surface area contributed by atoms with Gasteiger partial charge in [0.1, 0.15) is 0 Å². The highest BCUT2D eigenvalue weighted by atomic mass is 16.5. The molecule has 0 radical (unpaired) electrons. The van der Waals surface area contributed by atoms with E-state index in [-0.39, 0.29) is 18.1 Å². The SMILES string of the molecule is C[C@@H]1CN(C(=O)CCNCc2cccc(C#N)c2)C[C@@H](C)O1. The highest BCUT2D eigenvalue weighted by Crippen LogP contribution is 2.11. The average molecular weight is 301 g/mol. The molecule has 1 aromatic carbocycles. The first kappa shape index (κ1) is 16.5. The van der Waals surface area contributed by atoms with Gasteiger partial charge in [-0.05, 0) is 31.5 Å². The van der Waals surface area contributed by atoms with E-state index in [0.717, 1.165) is 5.56 Å². The zero-order valence-electron chi connectivity index (χ0n) is 13.2. The molecular formula is C17H23N3O2. The molecular weight excluding hydrogens is 278 g/mol. The molecule has 1 amide bonds. The number of hydrogen-bond acceptors (Lipinski definition) is 4. The van der Waals surface area contributed by atoms with Gasteiger partial charge in [0.15, 0.2) is 0 Å². The number of nitrogens with zero attached hydrogens (tertiary/aromatic N) is 2. The molecule has 1 heterocycles. The molecule has 1 saturated heterocycles. The molecule has 0 saturated carbocycles. The fourth-order valence-corrected chi connectivity index (χ4v) is 2.72. The Kier molecular flexibility index (Phi) is 5.93. The average Bonchev–Trinajstić information content (AvgIpc) is 2.50. The number of nitriles is 1. The zero-order valence-corrected chi connectivity index (χ0v) is 13.2. The quantitative estimate of drug-likeness (QED) is 0.840. The zero-order chi connectivity index (χ0) is 15.9. The third-order valence-electron chi connectivity index (χ3n) is 3.67. The van der Waals surface area contributed by atoms with Crippen LogP contribution in [0, 0.1) is 11.3 Å². The molecule has 2 atom stereocenters. The van der Waals surface area contributed by atoms with E-state index in [1.807, 2.05) is 36.9 Å². The van der Waals surface area contributed by atoms with Gasteiger partial charge in [-0.2, -0.15) is 5.26 Å². The van der Waals surface area contributed by atoms with Crippen LogP contribution in [0.25, 0.3) is 0 Å².